The number of benzene rings is 2. The van der Waals surface area contributed by atoms with Gasteiger partial charge in [-0.3, -0.25) is 4.57 Å². The molecule has 0 amide bonds. The fourth-order valence-corrected chi connectivity index (χ4v) is 5.63. The van der Waals surface area contributed by atoms with E-state index in [0.717, 1.165) is 35.0 Å². The third kappa shape index (κ3) is 3.09. The van der Waals surface area contributed by atoms with Crippen LogP contribution in [0.5, 0.6) is 0 Å². The van der Waals surface area contributed by atoms with Gasteiger partial charge in [0.1, 0.15) is 11.9 Å². The topological polar surface area (TPSA) is 40.1 Å². The van der Waals surface area contributed by atoms with Crippen molar-refractivity contribution in [3.63, 3.8) is 0 Å². The minimum Gasteiger partial charge on any atom is -0.308 e. The van der Waals surface area contributed by atoms with Crippen molar-refractivity contribution < 1.29 is 4.90 Å². The molecule has 7 heteroatoms. The van der Waals surface area contributed by atoms with Crippen LogP contribution in [-0.4, -0.2) is 25.9 Å². The van der Waals surface area contributed by atoms with E-state index in [1.54, 1.807) is 0 Å². The van der Waals surface area contributed by atoms with E-state index in [4.69, 9.17) is 22.3 Å². The summed E-state index contributed by atoms with van der Waals surface area (Å²) in [5.74, 6) is 0.923. The quantitative estimate of drug-likeness (QED) is 0.524. The number of aromatic nitrogens is 4. The zero-order valence-corrected chi connectivity index (χ0v) is 17.3. The standard InChI is InChI=1S/C21H21N5S2/c1-15-23-25(21(27)26(15)16-8-3-2-4-9-16)14-24-13-7-11-18(24)20-22-17-10-5-6-12-19(17)28-20/h2-6,8-10,12,18H,7,11,13-14H2,1H3/p+1/t18-/m1/s1. The minimum absolute atomic E-state index is 0.418. The second kappa shape index (κ2) is 7.24. The van der Waals surface area contributed by atoms with Gasteiger partial charge in [-0.25, -0.2) is 4.98 Å². The summed E-state index contributed by atoms with van der Waals surface area (Å²) in [5.41, 5.74) is 2.17. The van der Waals surface area contributed by atoms with Crippen LogP contribution < -0.4 is 4.90 Å². The van der Waals surface area contributed by atoms with Gasteiger partial charge in [-0.1, -0.05) is 30.3 Å². The lowest BCUT2D eigenvalue weighted by molar-refractivity contribution is -0.941. The molecule has 3 heterocycles. The van der Waals surface area contributed by atoms with Crippen molar-refractivity contribution in [1.29, 1.82) is 0 Å². The molecule has 142 valence electrons. The maximum atomic E-state index is 5.77. The van der Waals surface area contributed by atoms with Crippen LogP contribution in [0.4, 0.5) is 0 Å². The molecule has 4 aromatic rings. The SMILES string of the molecule is Cc1nn(C[NH+]2CCC[C@@H]2c2nc3ccccc3s2)c(=S)n1-c1ccccc1. The van der Waals surface area contributed by atoms with Crippen molar-refractivity contribution in [2.75, 3.05) is 6.54 Å². The second-order valence-electron chi connectivity index (χ2n) is 7.28. The van der Waals surface area contributed by atoms with Gasteiger partial charge in [-0.05, 0) is 43.4 Å². The van der Waals surface area contributed by atoms with Crippen molar-refractivity contribution in [2.24, 2.45) is 0 Å². The van der Waals surface area contributed by atoms with Gasteiger partial charge in [0, 0.05) is 18.5 Å². The number of quaternary nitrogens is 1. The highest BCUT2D eigenvalue weighted by atomic mass is 32.1. The minimum atomic E-state index is 0.418. The molecule has 1 N–H and O–H groups in total. The second-order valence-corrected chi connectivity index (χ2v) is 8.71. The Balaban J connectivity index is 1.45. The molecule has 1 fully saturated rings. The van der Waals surface area contributed by atoms with E-state index >= 15 is 0 Å². The Morgan fingerprint density at radius 2 is 1.93 bits per heavy atom. The molecule has 2 aromatic carbocycles. The number of likely N-dealkylation sites (tertiary alicyclic amines) is 1. The van der Waals surface area contributed by atoms with Crippen molar-refractivity contribution in [3.05, 3.63) is 70.2 Å². The number of hydrogen-bond acceptors (Lipinski definition) is 4. The highest BCUT2D eigenvalue weighted by molar-refractivity contribution is 7.71. The van der Waals surface area contributed by atoms with Crippen molar-refractivity contribution in [2.45, 2.75) is 32.5 Å². The molecular weight excluding hydrogens is 386 g/mol. The van der Waals surface area contributed by atoms with Crippen LogP contribution in [0.2, 0.25) is 0 Å². The van der Waals surface area contributed by atoms with Crippen LogP contribution >= 0.6 is 23.6 Å². The molecule has 2 aromatic heterocycles. The predicted molar refractivity (Wildman–Crippen MR) is 115 cm³/mol. The first-order valence-electron chi connectivity index (χ1n) is 9.62. The molecule has 5 nitrogen and oxygen atoms in total. The lowest BCUT2D eigenvalue weighted by Crippen LogP contribution is -3.09. The Bertz CT molecular complexity index is 1140. The Hall–Kier alpha value is -2.35. The first kappa shape index (κ1) is 17.7. The van der Waals surface area contributed by atoms with E-state index in [9.17, 15) is 0 Å². The van der Waals surface area contributed by atoms with Crippen LogP contribution in [0.25, 0.3) is 15.9 Å². The molecular formula is C21H22N5S2+. The Labute approximate surface area is 172 Å². The third-order valence-corrected chi connectivity index (χ3v) is 7.00. The third-order valence-electron chi connectivity index (χ3n) is 5.46. The van der Waals surface area contributed by atoms with E-state index in [1.807, 2.05) is 41.1 Å². The van der Waals surface area contributed by atoms with E-state index in [1.165, 1.54) is 27.4 Å². The van der Waals surface area contributed by atoms with Crippen LogP contribution in [0.3, 0.4) is 0 Å². The molecule has 1 saturated heterocycles. The highest BCUT2D eigenvalue weighted by Gasteiger charge is 2.33. The van der Waals surface area contributed by atoms with Gasteiger partial charge in [0.15, 0.2) is 11.7 Å². The number of nitrogens with one attached hydrogen (secondary N) is 1. The first-order chi connectivity index (χ1) is 13.7. The summed E-state index contributed by atoms with van der Waals surface area (Å²) in [6, 6.07) is 19.0. The summed E-state index contributed by atoms with van der Waals surface area (Å²) in [6.07, 6.45) is 2.38. The van der Waals surface area contributed by atoms with Gasteiger partial charge in [0.05, 0.1) is 16.8 Å². The van der Waals surface area contributed by atoms with Crippen molar-refractivity contribution in [1.82, 2.24) is 19.3 Å². The summed E-state index contributed by atoms with van der Waals surface area (Å²) < 4.78 is 6.06. The average Bonchev–Trinajstić information content (AvgIpc) is 3.40. The van der Waals surface area contributed by atoms with Gasteiger partial charge < -0.3 is 4.90 Å². The molecule has 2 atom stereocenters. The van der Waals surface area contributed by atoms with E-state index in [2.05, 4.69) is 41.0 Å². The van der Waals surface area contributed by atoms with E-state index in [0.29, 0.717) is 6.04 Å². The number of aryl methyl sites for hydroxylation is 1. The first-order valence-corrected chi connectivity index (χ1v) is 10.8. The molecule has 0 bridgehead atoms. The summed E-state index contributed by atoms with van der Waals surface area (Å²) in [4.78, 5) is 6.41. The average molecular weight is 409 g/mol. The van der Waals surface area contributed by atoms with Gasteiger partial charge in [-0.15, -0.1) is 11.3 Å². The smallest absolute Gasteiger partial charge is 0.207 e. The maximum absolute atomic E-state index is 5.77. The summed E-state index contributed by atoms with van der Waals surface area (Å²) >= 11 is 7.60. The van der Waals surface area contributed by atoms with Crippen LogP contribution in [-0.2, 0) is 6.67 Å². The van der Waals surface area contributed by atoms with Crippen LogP contribution in [0.1, 0.15) is 29.7 Å². The zero-order chi connectivity index (χ0) is 19.1. The zero-order valence-electron chi connectivity index (χ0n) is 15.7. The highest BCUT2D eigenvalue weighted by Crippen LogP contribution is 2.28. The lowest BCUT2D eigenvalue weighted by atomic mass is 10.2. The van der Waals surface area contributed by atoms with Gasteiger partial charge in [-0.2, -0.15) is 9.78 Å². The molecule has 1 aliphatic heterocycles. The summed E-state index contributed by atoms with van der Waals surface area (Å²) in [6.45, 7) is 3.92. The van der Waals surface area contributed by atoms with Crippen LogP contribution in [0.15, 0.2) is 54.6 Å². The predicted octanol–water partition coefficient (Wildman–Crippen LogP) is 3.70. The molecule has 0 radical (unpaired) electrons. The number of para-hydroxylation sites is 2. The van der Waals surface area contributed by atoms with Gasteiger partial charge in [0.25, 0.3) is 0 Å². The molecule has 1 aliphatic rings. The van der Waals surface area contributed by atoms with E-state index in [-0.39, 0.29) is 0 Å². The molecule has 5 rings (SSSR count). The van der Waals surface area contributed by atoms with Crippen LogP contribution in [0, 0.1) is 11.7 Å². The molecule has 1 unspecified atom stereocenters. The Kier molecular flexibility index (Phi) is 4.58. The molecule has 0 aliphatic carbocycles. The molecule has 0 saturated carbocycles. The molecule has 28 heavy (non-hydrogen) atoms. The Morgan fingerprint density at radius 1 is 1.14 bits per heavy atom. The Morgan fingerprint density at radius 3 is 2.75 bits per heavy atom. The number of hydrogen-bond donors (Lipinski definition) is 1. The van der Waals surface area contributed by atoms with Gasteiger partial charge in [0.2, 0.25) is 4.77 Å². The number of fused-ring (bicyclic) bond motifs is 1. The fourth-order valence-electron chi connectivity index (χ4n) is 4.12. The maximum Gasteiger partial charge on any atom is 0.207 e. The van der Waals surface area contributed by atoms with Gasteiger partial charge >= 0.3 is 0 Å². The number of nitrogens with zero attached hydrogens (tertiary/aromatic N) is 4. The normalized spacial score (nSPS) is 19.5. The summed E-state index contributed by atoms with van der Waals surface area (Å²) in [5, 5.41) is 5.99. The lowest BCUT2D eigenvalue weighted by Gasteiger charge is -2.19. The number of rotatable bonds is 4. The van der Waals surface area contributed by atoms with Crippen molar-refractivity contribution >= 4 is 33.8 Å². The van der Waals surface area contributed by atoms with Crippen molar-refractivity contribution in [3.8, 4) is 5.69 Å². The fraction of sp³-hybridized carbons (Fsp3) is 0.286. The number of thiazole rings is 1. The molecule has 0 spiro atoms. The largest absolute Gasteiger partial charge is 0.308 e. The summed E-state index contributed by atoms with van der Waals surface area (Å²) in [7, 11) is 0. The monoisotopic (exact) mass is 408 g/mol. The van der Waals surface area contributed by atoms with E-state index < -0.39 is 0 Å².